The Morgan fingerprint density at radius 2 is 1.68 bits per heavy atom. The molecule has 0 atom stereocenters. The van der Waals surface area contributed by atoms with E-state index in [2.05, 4.69) is 12.1 Å². The third-order valence-electron chi connectivity index (χ3n) is 4.19. The number of nitrogens with one attached hydrogen (secondary N) is 2. The summed E-state index contributed by atoms with van der Waals surface area (Å²) in [6.45, 7) is 7.02. The molecule has 0 spiro atoms. The predicted molar refractivity (Wildman–Crippen MR) is 74.6 cm³/mol. The number of hydrogen-bond donors (Lipinski definition) is 2. The first kappa shape index (κ1) is 19.5. The summed E-state index contributed by atoms with van der Waals surface area (Å²) in [5.74, 6) is 0.994. The zero-order valence-corrected chi connectivity index (χ0v) is 14.3. The molecule has 7 heteroatoms. The molecule has 2 N–H and O–H groups in total. The number of halogens is 2. The van der Waals surface area contributed by atoms with Crippen molar-refractivity contribution in [2.24, 2.45) is 0 Å². The third kappa shape index (κ3) is 4.72. The van der Waals surface area contributed by atoms with Gasteiger partial charge in [-0.25, -0.2) is 0 Å². The Balaban J connectivity index is 0.00000121. The monoisotopic (exact) mass is 350 g/mol. The maximum atomic E-state index is 5.53. The molecule has 2 aliphatic heterocycles. The number of para-hydroxylation sites is 2. The number of hydrogen-bond acceptors (Lipinski definition) is 3. The summed E-state index contributed by atoms with van der Waals surface area (Å²) in [6.07, 6.45) is 0.0119. The fourth-order valence-electron chi connectivity index (χ4n) is 3.08. The molecule has 0 saturated carbocycles. The number of piperazine rings is 1. The van der Waals surface area contributed by atoms with Crippen LogP contribution in [0.2, 0.25) is 0 Å². The second kappa shape index (κ2) is 9.55. The number of methoxy groups -OCH3 is 1. The normalized spacial score (nSPS) is 25.1. The zero-order chi connectivity index (χ0) is 13.8. The molecule has 0 radical (unpaired) electrons. The Bertz CT molecular complexity index is 437. The predicted octanol–water partition coefficient (Wildman–Crippen LogP) is -7.51. The van der Waals surface area contributed by atoms with Crippen LogP contribution in [0.4, 0.5) is 5.69 Å². The Labute approximate surface area is 144 Å². The highest BCUT2D eigenvalue weighted by atomic mass is 35.5. The van der Waals surface area contributed by atoms with Gasteiger partial charge >= 0.3 is 0 Å². The van der Waals surface area contributed by atoms with E-state index in [1.807, 2.05) is 12.1 Å². The van der Waals surface area contributed by atoms with Crippen molar-refractivity contribution in [3.8, 4) is 5.75 Å². The highest BCUT2D eigenvalue weighted by Gasteiger charge is 2.29. The van der Waals surface area contributed by atoms with Gasteiger partial charge in [0.25, 0.3) is 0 Å². The van der Waals surface area contributed by atoms with E-state index in [0.29, 0.717) is 0 Å². The average Bonchev–Trinajstić information content (AvgIpc) is 3.01. The van der Waals surface area contributed by atoms with Crippen molar-refractivity contribution < 1.29 is 48.8 Å². The molecule has 0 aliphatic carbocycles. The lowest BCUT2D eigenvalue weighted by Gasteiger charge is -2.30. The second-order valence-electron chi connectivity index (χ2n) is 5.43. The summed E-state index contributed by atoms with van der Waals surface area (Å²) >= 11 is 0. The van der Waals surface area contributed by atoms with Crippen molar-refractivity contribution in [3.63, 3.8) is 0 Å². The van der Waals surface area contributed by atoms with E-state index in [0.717, 1.165) is 51.7 Å². The van der Waals surface area contributed by atoms with E-state index in [-0.39, 0.29) is 31.1 Å². The van der Waals surface area contributed by atoms with Crippen molar-refractivity contribution in [3.05, 3.63) is 24.3 Å². The maximum Gasteiger partial charge on any atom is 0.207 e. The van der Waals surface area contributed by atoms with Crippen molar-refractivity contribution in [1.82, 2.24) is 0 Å². The topological polar surface area (TPSA) is 36.6 Å². The van der Waals surface area contributed by atoms with E-state index < -0.39 is 0 Å². The lowest BCUT2D eigenvalue weighted by molar-refractivity contribution is -0.989. The van der Waals surface area contributed by atoms with Crippen molar-refractivity contribution in [2.45, 2.75) is 6.29 Å². The SMILES string of the molecule is COc1ccccc1[NH+]1CC[NH+](CC2OCCO2)CC1.[Cl-].[Cl-]. The Hall–Kier alpha value is -0.560. The number of quaternary nitrogens is 2. The summed E-state index contributed by atoms with van der Waals surface area (Å²) in [7, 11) is 1.74. The minimum absolute atomic E-state index is 0. The molecule has 0 aromatic heterocycles. The van der Waals surface area contributed by atoms with Crippen LogP contribution >= 0.6 is 0 Å². The van der Waals surface area contributed by atoms with Gasteiger partial charge in [-0.05, 0) is 6.07 Å². The molecular formula is C15H24Cl2N2O3. The number of benzene rings is 1. The van der Waals surface area contributed by atoms with E-state index in [4.69, 9.17) is 14.2 Å². The Morgan fingerprint density at radius 1 is 1.05 bits per heavy atom. The van der Waals surface area contributed by atoms with Gasteiger partial charge in [0, 0.05) is 6.07 Å². The average molecular weight is 351 g/mol. The van der Waals surface area contributed by atoms with Crippen LogP contribution in [0, 0.1) is 0 Å². The zero-order valence-electron chi connectivity index (χ0n) is 12.8. The van der Waals surface area contributed by atoms with E-state index in [9.17, 15) is 0 Å². The van der Waals surface area contributed by atoms with Crippen molar-refractivity contribution >= 4 is 5.69 Å². The van der Waals surface area contributed by atoms with Crippen molar-refractivity contribution in [2.75, 3.05) is 53.0 Å². The molecule has 5 nitrogen and oxygen atoms in total. The third-order valence-corrected chi connectivity index (χ3v) is 4.19. The lowest BCUT2D eigenvalue weighted by atomic mass is 10.2. The van der Waals surface area contributed by atoms with E-state index in [1.54, 1.807) is 12.0 Å². The van der Waals surface area contributed by atoms with Gasteiger partial charge in [-0.3, -0.25) is 4.90 Å². The molecule has 1 aromatic carbocycles. The quantitative estimate of drug-likeness (QED) is 0.566. The summed E-state index contributed by atoms with van der Waals surface area (Å²) < 4.78 is 16.5. The molecule has 2 saturated heterocycles. The summed E-state index contributed by atoms with van der Waals surface area (Å²) in [5, 5.41) is 0. The van der Waals surface area contributed by atoms with Crippen LogP contribution in [-0.4, -0.2) is 59.3 Å². The van der Waals surface area contributed by atoms with Gasteiger partial charge in [0.05, 0.1) is 20.3 Å². The van der Waals surface area contributed by atoms with Crippen LogP contribution in [0.3, 0.4) is 0 Å². The van der Waals surface area contributed by atoms with Crippen LogP contribution < -0.4 is 39.4 Å². The highest BCUT2D eigenvalue weighted by molar-refractivity contribution is 5.45. The molecule has 0 amide bonds. The molecule has 2 heterocycles. The molecule has 2 fully saturated rings. The van der Waals surface area contributed by atoms with Crippen LogP contribution in [0.5, 0.6) is 5.75 Å². The van der Waals surface area contributed by atoms with Crippen LogP contribution in [0.15, 0.2) is 24.3 Å². The molecule has 2 aliphatic rings. The van der Waals surface area contributed by atoms with Gasteiger partial charge in [-0.2, -0.15) is 0 Å². The lowest BCUT2D eigenvalue weighted by Crippen LogP contribution is -3.26. The maximum absolute atomic E-state index is 5.53. The first-order valence-corrected chi connectivity index (χ1v) is 7.41. The fourth-order valence-corrected chi connectivity index (χ4v) is 3.08. The van der Waals surface area contributed by atoms with Gasteiger partial charge in [0.15, 0.2) is 11.4 Å². The standard InChI is InChI=1S/C15H22N2O3.2ClH/c1-18-14-5-3-2-4-13(14)17-8-6-16(7-9-17)12-15-19-10-11-20-15;;/h2-5,15H,6-12H2,1H3;2*1H. The first-order chi connectivity index (χ1) is 9.86. The molecule has 0 bridgehead atoms. The van der Waals surface area contributed by atoms with Gasteiger partial charge in [-0.1, -0.05) is 12.1 Å². The minimum Gasteiger partial charge on any atom is -1.00 e. The first-order valence-electron chi connectivity index (χ1n) is 7.41. The molecule has 126 valence electrons. The molecular weight excluding hydrogens is 327 g/mol. The number of rotatable bonds is 4. The summed E-state index contributed by atoms with van der Waals surface area (Å²) in [4.78, 5) is 3.09. The van der Waals surface area contributed by atoms with E-state index >= 15 is 0 Å². The fraction of sp³-hybridized carbons (Fsp3) is 0.600. The molecule has 3 rings (SSSR count). The smallest absolute Gasteiger partial charge is 0.207 e. The van der Waals surface area contributed by atoms with Gasteiger partial charge in [0.2, 0.25) is 6.29 Å². The van der Waals surface area contributed by atoms with Crippen LogP contribution in [-0.2, 0) is 9.47 Å². The van der Waals surface area contributed by atoms with Crippen molar-refractivity contribution in [1.29, 1.82) is 0 Å². The van der Waals surface area contributed by atoms with E-state index in [1.165, 1.54) is 10.6 Å². The largest absolute Gasteiger partial charge is 1.00 e. The molecule has 1 aromatic rings. The van der Waals surface area contributed by atoms with Gasteiger partial charge in [0.1, 0.15) is 32.7 Å². The highest BCUT2D eigenvalue weighted by Crippen LogP contribution is 2.18. The second-order valence-corrected chi connectivity index (χ2v) is 5.43. The Morgan fingerprint density at radius 3 is 2.32 bits per heavy atom. The minimum atomic E-state index is 0. The van der Waals surface area contributed by atoms with Gasteiger partial charge in [-0.15, -0.1) is 0 Å². The van der Waals surface area contributed by atoms with Crippen LogP contribution in [0.25, 0.3) is 0 Å². The van der Waals surface area contributed by atoms with Crippen LogP contribution in [0.1, 0.15) is 0 Å². The molecule has 22 heavy (non-hydrogen) atoms. The van der Waals surface area contributed by atoms with Gasteiger partial charge < -0.3 is 43.9 Å². The summed E-state index contributed by atoms with van der Waals surface area (Å²) in [5.41, 5.74) is 1.28. The Kier molecular flexibility index (Phi) is 8.46. The summed E-state index contributed by atoms with van der Waals surface area (Å²) in [6, 6.07) is 8.33. The number of ether oxygens (including phenoxy) is 3. The molecule has 0 unspecified atom stereocenters.